The molecule has 0 fully saturated rings. The van der Waals surface area contributed by atoms with Gasteiger partial charge in [-0.1, -0.05) is 25.8 Å². The minimum atomic E-state index is -0.829. The molecule has 14 heavy (non-hydrogen) atoms. The van der Waals surface area contributed by atoms with Crippen molar-refractivity contribution >= 4 is 11.6 Å². The molecule has 1 atom stereocenters. The average molecular weight is 219 g/mol. The van der Waals surface area contributed by atoms with Crippen molar-refractivity contribution in [1.82, 2.24) is 0 Å². The zero-order valence-corrected chi connectivity index (χ0v) is 8.82. The molecule has 1 rings (SSSR count). The van der Waals surface area contributed by atoms with Gasteiger partial charge in [0.15, 0.2) is 11.6 Å². The molecule has 0 aliphatic carbocycles. The summed E-state index contributed by atoms with van der Waals surface area (Å²) in [5.41, 5.74) is 0.652. The SMILES string of the molecule is CCCCC(Cl)c1ccc(F)c(F)c1. The summed E-state index contributed by atoms with van der Waals surface area (Å²) in [5.74, 6) is -1.65. The van der Waals surface area contributed by atoms with Gasteiger partial charge in [0.25, 0.3) is 0 Å². The molecule has 0 aromatic heterocycles. The number of halogens is 3. The van der Waals surface area contributed by atoms with Gasteiger partial charge in [-0.15, -0.1) is 11.6 Å². The lowest BCUT2D eigenvalue weighted by Crippen LogP contribution is -1.93. The summed E-state index contributed by atoms with van der Waals surface area (Å²) in [5, 5.41) is -0.218. The highest BCUT2D eigenvalue weighted by Gasteiger charge is 2.10. The van der Waals surface area contributed by atoms with Crippen LogP contribution in [0.25, 0.3) is 0 Å². The lowest BCUT2D eigenvalue weighted by molar-refractivity contribution is 0.506. The molecular weight excluding hydrogens is 206 g/mol. The highest BCUT2D eigenvalue weighted by atomic mass is 35.5. The van der Waals surface area contributed by atoms with Crippen molar-refractivity contribution < 1.29 is 8.78 Å². The Balaban J connectivity index is 2.70. The summed E-state index contributed by atoms with van der Waals surface area (Å²) < 4.78 is 25.4. The molecule has 0 saturated heterocycles. The fourth-order valence-electron chi connectivity index (χ4n) is 1.26. The van der Waals surface area contributed by atoms with Crippen molar-refractivity contribution in [3.05, 3.63) is 35.4 Å². The van der Waals surface area contributed by atoms with E-state index in [1.807, 2.05) is 0 Å². The molecule has 0 heterocycles. The zero-order chi connectivity index (χ0) is 10.6. The van der Waals surface area contributed by atoms with E-state index < -0.39 is 11.6 Å². The molecule has 0 amide bonds. The van der Waals surface area contributed by atoms with Crippen molar-refractivity contribution in [2.45, 2.75) is 31.6 Å². The van der Waals surface area contributed by atoms with Gasteiger partial charge >= 0.3 is 0 Å². The largest absolute Gasteiger partial charge is 0.204 e. The molecule has 1 unspecified atom stereocenters. The number of benzene rings is 1. The second-order valence-corrected chi connectivity index (χ2v) is 3.81. The summed E-state index contributed by atoms with van der Waals surface area (Å²) >= 11 is 6.02. The molecule has 0 aliphatic heterocycles. The van der Waals surface area contributed by atoms with E-state index in [0.717, 1.165) is 25.3 Å². The Bertz CT molecular complexity index is 299. The standard InChI is InChI=1S/C11H13ClF2/c1-2-3-4-9(12)8-5-6-10(13)11(14)7-8/h5-7,9H,2-4H2,1H3. The molecule has 1 aromatic rings. The van der Waals surface area contributed by atoms with E-state index in [0.29, 0.717) is 5.56 Å². The fraction of sp³-hybridized carbons (Fsp3) is 0.455. The Morgan fingerprint density at radius 3 is 2.57 bits per heavy atom. The summed E-state index contributed by atoms with van der Waals surface area (Å²) in [6.45, 7) is 2.06. The van der Waals surface area contributed by atoms with Gasteiger partial charge in [0.05, 0.1) is 5.38 Å². The van der Waals surface area contributed by atoms with E-state index in [1.165, 1.54) is 12.1 Å². The van der Waals surface area contributed by atoms with Gasteiger partial charge in [0, 0.05) is 0 Å². The third kappa shape index (κ3) is 2.95. The minimum absolute atomic E-state index is 0.218. The second-order valence-electron chi connectivity index (χ2n) is 3.28. The topological polar surface area (TPSA) is 0 Å². The number of unbranched alkanes of at least 4 members (excludes halogenated alkanes) is 1. The van der Waals surface area contributed by atoms with E-state index in [2.05, 4.69) is 6.92 Å². The van der Waals surface area contributed by atoms with E-state index in [-0.39, 0.29) is 5.38 Å². The number of rotatable bonds is 4. The number of hydrogen-bond acceptors (Lipinski definition) is 0. The monoisotopic (exact) mass is 218 g/mol. The maximum absolute atomic E-state index is 12.8. The van der Waals surface area contributed by atoms with E-state index in [4.69, 9.17) is 11.6 Å². The van der Waals surface area contributed by atoms with E-state index in [1.54, 1.807) is 0 Å². The van der Waals surface area contributed by atoms with Crippen molar-refractivity contribution in [1.29, 1.82) is 0 Å². The molecule has 0 bridgehead atoms. The third-order valence-electron chi connectivity index (χ3n) is 2.12. The molecular formula is C11H13ClF2. The van der Waals surface area contributed by atoms with Crippen LogP contribution < -0.4 is 0 Å². The van der Waals surface area contributed by atoms with Crippen LogP contribution in [0.1, 0.15) is 37.1 Å². The first kappa shape index (κ1) is 11.4. The van der Waals surface area contributed by atoms with Crippen LogP contribution in [0.4, 0.5) is 8.78 Å². The Labute approximate surface area is 87.9 Å². The van der Waals surface area contributed by atoms with E-state index >= 15 is 0 Å². The molecule has 0 saturated carbocycles. The average Bonchev–Trinajstić information content (AvgIpc) is 2.18. The van der Waals surface area contributed by atoms with Gasteiger partial charge in [-0.25, -0.2) is 8.78 Å². The summed E-state index contributed by atoms with van der Waals surface area (Å²) in [4.78, 5) is 0. The molecule has 3 heteroatoms. The Hall–Kier alpha value is -0.630. The Morgan fingerprint density at radius 1 is 1.29 bits per heavy atom. The maximum atomic E-state index is 12.8. The van der Waals surface area contributed by atoms with Crippen LogP contribution in [-0.2, 0) is 0 Å². The van der Waals surface area contributed by atoms with Crippen LogP contribution in [-0.4, -0.2) is 0 Å². The first-order valence-electron chi connectivity index (χ1n) is 4.74. The second kappa shape index (κ2) is 5.30. The lowest BCUT2D eigenvalue weighted by atomic mass is 10.1. The highest BCUT2D eigenvalue weighted by molar-refractivity contribution is 6.20. The van der Waals surface area contributed by atoms with Gasteiger partial charge < -0.3 is 0 Å². The molecule has 1 aromatic carbocycles. The zero-order valence-electron chi connectivity index (χ0n) is 8.06. The van der Waals surface area contributed by atoms with Crippen LogP contribution in [0.5, 0.6) is 0 Å². The molecule has 78 valence electrons. The maximum Gasteiger partial charge on any atom is 0.159 e. The van der Waals surface area contributed by atoms with Gasteiger partial charge in [-0.2, -0.15) is 0 Å². The first-order chi connectivity index (χ1) is 6.65. The third-order valence-corrected chi connectivity index (χ3v) is 2.59. The van der Waals surface area contributed by atoms with Crippen LogP contribution in [0.3, 0.4) is 0 Å². The van der Waals surface area contributed by atoms with Crippen LogP contribution >= 0.6 is 11.6 Å². The van der Waals surface area contributed by atoms with Crippen molar-refractivity contribution in [3.63, 3.8) is 0 Å². The van der Waals surface area contributed by atoms with Crippen molar-refractivity contribution in [2.24, 2.45) is 0 Å². The highest BCUT2D eigenvalue weighted by Crippen LogP contribution is 2.27. The molecule has 0 spiro atoms. The predicted molar refractivity (Wildman–Crippen MR) is 54.5 cm³/mol. The van der Waals surface area contributed by atoms with Crippen LogP contribution in [0, 0.1) is 11.6 Å². The quantitative estimate of drug-likeness (QED) is 0.656. The first-order valence-corrected chi connectivity index (χ1v) is 5.17. The van der Waals surface area contributed by atoms with Gasteiger partial charge in [-0.3, -0.25) is 0 Å². The predicted octanol–water partition coefficient (Wildman–Crippen LogP) is 4.43. The fourth-order valence-corrected chi connectivity index (χ4v) is 1.55. The van der Waals surface area contributed by atoms with Crippen LogP contribution in [0.15, 0.2) is 18.2 Å². The normalized spacial score (nSPS) is 12.9. The van der Waals surface area contributed by atoms with Crippen molar-refractivity contribution in [3.8, 4) is 0 Å². The smallest absolute Gasteiger partial charge is 0.159 e. The minimum Gasteiger partial charge on any atom is -0.204 e. The summed E-state index contributed by atoms with van der Waals surface area (Å²) in [7, 11) is 0. The van der Waals surface area contributed by atoms with Gasteiger partial charge in [0.1, 0.15) is 0 Å². The molecule has 0 aliphatic rings. The van der Waals surface area contributed by atoms with Crippen molar-refractivity contribution in [2.75, 3.05) is 0 Å². The summed E-state index contributed by atoms with van der Waals surface area (Å²) in [6.07, 6.45) is 2.84. The van der Waals surface area contributed by atoms with Crippen LogP contribution in [0.2, 0.25) is 0 Å². The lowest BCUT2D eigenvalue weighted by Gasteiger charge is -2.08. The number of alkyl halides is 1. The summed E-state index contributed by atoms with van der Waals surface area (Å²) in [6, 6.07) is 3.82. The Kier molecular flexibility index (Phi) is 4.33. The molecule has 0 radical (unpaired) electrons. The Morgan fingerprint density at radius 2 is 2.00 bits per heavy atom. The van der Waals surface area contributed by atoms with E-state index in [9.17, 15) is 8.78 Å². The van der Waals surface area contributed by atoms with Gasteiger partial charge in [-0.05, 0) is 24.1 Å². The molecule has 0 N–H and O–H groups in total. The van der Waals surface area contributed by atoms with Gasteiger partial charge in [0.2, 0.25) is 0 Å². The molecule has 0 nitrogen and oxygen atoms in total. The number of hydrogen-bond donors (Lipinski definition) is 0.